The van der Waals surface area contributed by atoms with Gasteiger partial charge in [0.05, 0.1) is 17.5 Å². The van der Waals surface area contributed by atoms with E-state index in [4.69, 9.17) is 0 Å². The van der Waals surface area contributed by atoms with Crippen LogP contribution in [0.2, 0.25) is 0 Å². The molecule has 104 valence electrons. The van der Waals surface area contributed by atoms with Crippen molar-refractivity contribution in [2.24, 2.45) is 0 Å². The number of sulfonamides is 1. The molecule has 1 atom stereocenters. The number of benzene rings is 1. The van der Waals surface area contributed by atoms with Crippen molar-refractivity contribution in [1.82, 2.24) is 9.62 Å². The van der Waals surface area contributed by atoms with Crippen molar-refractivity contribution in [2.45, 2.75) is 17.9 Å². The van der Waals surface area contributed by atoms with E-state index in [1.54, 1.807) is 19.1 Å². The zero-order valence-corrected chi connectivity index (χ0v) is 11.4. The summed E-state index contributed by atoms with van der Waals surface area (Å²) in [6.07, 6.45) is -0.641. The number of carbonyl (C=O) groups excluding carboxylic acids is 1. The number of nitrogens with one attached hydrogen (secondary N) is 1. The first-order valence-electron chi connectivity index (χ1n) is 5.96. The van der Waals surface area contributed by atoms with Gasteiger partial charge in [0.15, 0.2) is 0 Å². The van der Waals surface area contributed by atoms with Crippen molar-refractivity contribution < 1.29 is 18.3 Å². The van der Waals surface area contributed by atoms with Crippen molar-refractivity contribution in [1.29, 1.82) is 0 Å². The van der Waals surface area contributed by atoms with Gasteiger partial charge in [-0.1, -0.05) is 12.1 Å². The minimum absolute atomic E-state index is 0.131. The van der Waals surface area contributed by atoms with E-state index < -0.39 is 16.1 Å². The highest BCUT2D eigenvalue weighted by molar-refractivity contribution is 7.89. The molecule has 1 aromatic carbocycles. The van der Waals surface area contributed by atoms with Crippen molar-refractivity contribution in [3.63, 3.8) is 0 Å². The fourth-order valence-electron chi connectivity index (χ4n) is 1.89. The maximum absolute atomic E-state index is 12.3. The predicted octanol–water partition coefficient (Wildman–Crippen LogP) is -0.140. The molecule has 7 heteroatoms. The number of amides is 1. The molecule has 0 aromatic heterocycles. The Balaban J connectivity index is 2.26. The Bertz CT molecular complexity index is 566. The first kappa shape index (κ1) is 14.0. The van der Waals surface area contributed by atoms with Gasteiger partial charge in [-0.25, -0.2) is 8.42 Å². The van der Waals surface area contributed by atoms with Crippen LogP contribution in [0.25, 0.3) is 0 Å². The zero-order valence-electron chi connectivity index (χ0n) is 10.5. The van der Waals surface area contributed by atoms with Crippen LogP contribution in [0.4, 0.5) is 0 Å². The van der Waals surface area contributed by atoms with Crippen LogP contribution in [0.15, 0.2) is 29.2 Å². The summed E-state index contributed by atoms with van der Waals surface area (Å²) in [6, 6.07) is 6.04. The number of hydrogen-bond donors (Lipinski definition) is 2. The highest BCUT2D eigenvalue weighted by atomic mass is 32.2. The van der Waals surface area contributed by atoms with E-state index in [2.05, 4.69) is 5.32 Å². The molecule has 1 aliphatic rings. The van der Waals surface area contributed by atoms with E-state index in [0.29, 0.717) is 12.1 Å². The summed E-state index contributed by atoms with van der Waals surface area (Å²) >= 11 is 0. The van der Waals surface area contributed by atoms with E-state index in [9.17, 15) is 18.3 Å². The van der Waals surface area contributed by atoms with E-state index in [-0.39, 0.29) is 23.9 Å². The number of aliphatic hydroxyl groups is 1. The molecule has 1 aromatic rings. The third kappa shape index (κ3) is 2.94. The third-order valence-corrected chi connectivity index (χ3v) is 4.86. The molecule has 0 spiro atoms. The van der Waals surface area contributed by atoms with Gasteiger partial charge in [-0.3, -0.25) is 4.79 Å². The van der Waals surface area contributed by atoms with Crippen molar-refractivity contribution in [3.8, 4) is 0 Å². The average molecular weight is 284 g/mol. The van der Waals surface area contributed by atoms with Crippen LogP contribution in [-0.4, -0.2) is 43.4 Å². The van der Waals surface area contributed by atoms with Gasteiger partial charge in [-0.2, -0.15) is 4.31 Å². The number of aliphatic hydroxyl groups excluding tert-OH is 1. The largest absolute Gasteiger partial charge is 0.389 e. The van der Waals surface area contributed by atoms with Crippen LogP contribution in [0.3, 0.4) is 0 Å². The summed E-state index contributed by atoms with van der Waals surface area (Å²) in [5.74, 6) is -0.296. The molecule has 19 heavy (non-hydrogen) atoms. The highest BCUT2D eigenvalue weighted by Crippen LogP contribution is 2.19. The SMILES string of the molecule is CC(O)c1ccc(S(=O)(=O)N2CCNC(=O)C2)cc1. The molecule has 0 bridgehead atoms. The van der Waals surface area contributed by atoms with Crippen molar-refractivity contribution in [2.75, 3.05) is 19.6 Å². The Kier molecular flexibility index (Phi) is 3.88. The maximum Gasteiger partial charge on any atom is 0.243 e. The molecule has 1 aliphatic heterocycles. The normalized spacial score (nSPS) is 18.9. The molecule has 2 rings (SSSR count). The summed E-state index contributed by atoms with van der Waals surface area (Å²) < 4.78 is 25.8. The van der Waals surface area contributed by atoms with Gasteiger partial charge in [-0.15, -0.1) is 0 Å². The first-order chi connectivity index (χ1) is 8.91. The molecule has 1 heterocycles. The number of piperazine rings is 1. The summed E-state index contributed by atoms with van der Waals surface area (Å²) in [5, 5.41) is 12.0. The number of carbonyl (C=O) groups is 1. The fraction of sp³-hybridized carbons (Fsp3) is 0.417. The Hall–Kier alpha value is -1.44. The zero-order chi connectivity index (χ0) is 14.0. The molecular formula is C12H16N2O4S. The molecule has 1 unspecified atom stereocenters. The summed E-state index contributed by atoms with van der Waals surface area (Å²) in [5.41, 5.74) is 0.648. The van der Waals surface area contributed by atoms with Gasteiger partial charge in [0.2, 0.25) is 15.9 Å². The summed E-state index contributed by atoms with van der Waals surface area (Å²) in [6.45, 7) is 2.05. The summed E-state index contributed by atoms with van der Waals surface area (Å²) in [4.78, 5) is 11.4. The standard InChI is InChI=1S/C12H16N2O4S/c1-9(15)10-2-4-11(5-3-10)19(17,18)14-7-6-13-12(16)8-14/h2-5,9,15H,6-8H2,1H3,(H,13,16). The van der Waals surface area contributed by atoms with Gasteiger partial charge >= 0.3 is 0 Å². The second-order valence-electron chi connectivity index (χ2n) is 4.43. The van der Waals surface area contributed by atoms with E-state index in [0.717, 1.165) is 4.31 Å². The molecule has 0 aliphatic carbocycles. The molecule has 1 amide bonds. The maximum atomic E-state index is 12.3. The first-order valence-corrected chi connectivity index (χ1v) is 7.40. The lowest BCUT2D eigenvalue weighted by molar-refractivity contribution is -0.122. The Labute approximate surface area is 112 Å². The second-order valence-corrected chi connectivity index (χ2v) is 6.37. The minimum atomic E-state index is -3.65. The van der Waals surface area contributed by atoms with Gasteiger partial charge in [0, 0.05) is 13.1 Å². The second kappa shape index (κ2) is 5.28. The Morgan fingerprint density at radius 2 is 1.95 bits per heavy atom. The smallest absolute Gasteiger partial charge is 0.243 e. The van der Waals surface area contributed by atoms with Crippen LogP contribution < -0.4 is 5.32 Å². The Morgan fingerprint density at radius 3 is 2.47 bits per heavy atom. The van der Waals surface area contributed by atoms with Crippen LogP contribution in [0.5, 0.6) is 0 Å². The topological polar surface area (TPSA) is 86.7 Å². The van der Waals surface area contributed by atoms with Crippen LogP contribution in [0, 0.1) is 0 Å². The quantitative estimate of drug-likeness (QED) is 0.809. The Morgan fingerprint density at radius 1 is 1.32 bits per heavy atom. The van der Waals surface area contributed by atoms with Crippen LogP contribution in [0.1, 0.15) is 18.6 Å². The van der Waals surface area contributed by atoms with E-state index in [1.165, 1.54) is 12.1 Å². The molecule has 1 saturated heterocycles. The van der Waals surface area contributed by atoms with Crippen LogP contribution in [-0.2, 0) is 14.8 Å². The minimum Gasteiger partial charge on any atom is -0.389 e. The molecule has 6 nitrogen and oxygen atoms in total. The monoisotopic (exact) mass is 284 g/mol. The van der Waals surface area contributed by atoms with Gasteiger partial charge in [0.25, 0.3) is 0 Å². The highest BCUT2D eigenvalue weighted by Gasteiger charge is 2.28. The number of hydrogen-bond acceptors (Lipinski definition) is 4. The molecular weight excluding hydrogens is 268 g/mol. The fourth-order valence-corrected chi connectivity index (χ4v) is 3.28. The van der Waals surface area contributed by atoms with Gasteiger partial charge in [0.1, 0.15) is 0 Å². The number of rotatable bonds is 3. The predicted molar refractivity (Wildman–Crippen MR) is 68.8 cm³/mol. The average Bonchev–Trinajstić information content (AvgIpc) is 2.39. The van der Waals surface area contributed by atoms with Gasteiger partial charge < -0.3 is 10.4 Å². The van der Waals surface area contributed by atoms with E-state index in [1.807, 2.05) is 0 Å². The number of nitrogens with zero attached hydrogens (tertiary/aromatic N) is 1. The van der Waals surface area contributed by atoms with Crippen molar-refractivity contribution >= 4 is 15.9 Å². The van der Waals surface area contributed by atoms with Gasteiger partial charge in [-0.05, 0) is 24.6 Å². The summed E-state index contributed by atoms with van der Waals surface area (Å²) in [7, 11) is -3.65. The third-order valence-electron chi connectivity index (χ3n) is 3.00. The lowest BCUT2D eigenvalue weighted by Gasteiger charge is -2.26. The molecule has 2 N–H and O–H groups in total. The van der Waals surface area contributed by atoms with Crippen molar-refractivity contribution in [3.05, 3.63) is 29.8 Å². The van der Waals surface area contributed by atoms with E-state index >= 15 is 0 Å². The molecule has 1 fully saturated rings. The lowest BCUT2D eigenvalue weighted by Crippen LogP contribution is -2.49. The van der Waals surface area contributed by atoms with Crippen LogP contribution >= 0.6 is 0 Å². The molecule has 0 saturated carbocycles. The lowest BCUT2D eigenvalue weighted by atomic mass is 10.1. The molecule has 0 radical (unpaired) electrons.